The van der Waals surface area contributed by atoms with E-state index in [0.29, 0.717) is 17.8 Å². The van der Waals surface area contributed by atoms with Gasteiger partial charge in [-0.1, -0.05) is 37.3 Å². The predicted octanol–water partition coefficient (Wildman–Crippen LogP) is 3.84. The Balaban J connectivity index is 0.00000312. The molecule has 6 nitrogen and oxygen atoms in total. The van der Waals surface area contributed by atoms with Gasteiger partial charge in [-0.2, -0.15) is 4.98 Å². The zero-order valence-corrected chi connectivity index (χ0v) is 18.2. The molecule has 1 aromatic heterocycles. The van der Waals surface area contributed by atoms with Crippen molar-refractivity contribution >= 4 is 29.9 Å². The number of nitrogens with zero attached hydrogens (tertiary/aromatic N) is 3. The Morgan fingerprint density at radius 1 is 1.32 bits per heavy atom. The van der Waals surface area contributed by atoms with Gasteiger partial charge in [-0.15, -0.1) is 24.0 Å². The molecule has 1 saturated carbocycles. The van der Waals surface area contributed by atoms with Gasteiger partial charge in [0.1, 0.15) is 0 Å². The van der Waals surface area contributed by atoms with Crippen LogP contribution in [-0.4, -0.2) is 35.7 Å². The molecule has 2 N–H and O–H groups in total. The Labute approximate surface area is 169 Å². The van der Waals surface area contributed by atoms with Crippen molar-refractivity contribution in [2.24, 2.45) is 10.9 Å². The molecular weight excluding hydrogens is 429 g/mol. The molecule has 2 rings (SSSR count). The number of rotatable bonds is 8. The maximum absolute atomic E-state index is 5.12. The highest BCUT2D eigenvalue weighted by molar-refractivity contribution is 14.0. The normalized spacial score (nSPS) is 17.0. The van der Waals surface area contributed by atoms with Crippen LogP contribution >= 0.6 is 24.0 Å². The van der Waals surface area contributed by atoms with E-state index in [-0.39, 0.29) is 24.0 Å². The van der Waals surface area contributed by atoms with Gasteiger partial charge < -0.3 is 15.2 Å². The molecule has 0 spiro atoms. The molecule has 144 valence electrons. The lowest BCUT2D eigenvalue weighted by atomic mass is 9.85. The van der Waals surface area contributed by atoms with Crippen LogP contribution in [0.1, 0.15) is 70.0 Å². The number of halogens is 1. The van der Waals surface area contributed by atoms with Crippen LogP contribution in [0.25, 0.3) is 0 Å². The van der Waals surface area contributed by atoms with E-state index < -0.39 is 0 Å². The standard InChI is InChI=1S/C18H33N5O.HI/c1-14(11-12-16-8-5-4-6-9-16)21-18(19-3)20-13-7-10-17-22-15(2)23-24-17;/h14,16H,4-13H2,1-3H3,(H2,19,20,21);1H. The lowest BCUT2D eigenvalue weighted by molar-refractivity contribution is 0.322. The number of aliphatic imine (C=N–C) groups is 1. The summed E-state index contributed by atoms with van der Waals surface area (Å²) in [6.45, 7) is 4.93. The van der Waals surface area contributed by atoms with E-state index in [2.05, 4.69) is 32.7 Å². The van der Waals surface area contributed by atoms with Gasteiger partial charge in [-0.3, -0.25) is 4.99 Å². The van der Waals surface area contributed by atoms with Crippen molar-refractivity contribution < 1.29 is 4.52 Å². The largest absolute Gasteiger partial charge is 0.356 e. The third-order valence-corrected chi connectivity index (χ3v) is 4.77. The molecule has 1 unspecified atom stereocenters. The summed E-state index contributed by atoms with van der Waals surface area (Å²) in [5, 5.41) is 10.7. The van der Waals surface area contributed by atoms with E-state index in [4.69, 9.17) is 4.52 Å². The van der Waals surface area contributed by atoms with Crippen molar-refractivity contribution in [1.82, 2.24) is 20.8 Å². The molecule has 1 aliphatic carbocycles. The highest BCUT2D eigenvalue weighted by atomic mass is 127. The van der Waals surface area contributed by atoms with E-state index in [0.717, 1.165) is 31.3 Å². The Kier molecular flexibility index (Phi) is 11.1. The SMILES string of the molecule is CN=C(NCCCc1nc(C)no1)NC(C)CCC1CCCCC1.I. The zero-order chi connectivity index (χ0) is 17.2. The summed E-state index contributed by atoms with van der Waals surface area (Å²) >= 11 is 0. The number of aromatic nitrogens is 2. The minimum Gasteiger partial charge on any atom is -0.356 e. The van der Waals surface area contributed by atoms with Crippen molar-refractivity contribution in [3.8, 4) is 0 Å². The quantitative estimate of drug-likeness (QED) is 0.265. The van der Waals surface area contributed by atoms with E-state index in [1.54, 1.807) is 0 Å². The Morgan fingerprint density at radius 2 is 2.08 bits per heavy atom. The molecule has 0 aromatic carbocycles. The van der Waals surface area contributed by atoms with Gasteiger partial charge in [0.05, 0.1) is 0 Å². The molecule has 25 heavy (non-hydrogen) atoms. The summed E-state index contributed by atoms with van der Waals surface area (Å²) in [7, 11) is 1.82. The van der Waals surface area contributed by atoms with Crippen LogP contribution in [0.3, 0.4) is 0 Å². The van der Waals surface area contributed by atoms with Crippen molar-refractivity contribution in [3.63, 3.8) is 0 Å². The van der Waals surface area contributed by atoms with Crippen LogP contribution in [-0.2, 0) is 6.42 Å². The Hall–Kier alpha value is -0.860. The lowest BCUT2D eigenvalue weighted by Gasteiger charge is -2.24. The monoisotopic (exact) mass is 463 g/mol. The molecule has 1 aromatic rings. The molecule has 1 atom stereocenters. The van der Waals surface area contributed by atoms with Crippen LogP contribution in [0.2, 0.25) is 0 Å². The fourth-order valence-electron chi connectivity index (χ4n) is 3.35. The third-order valence-electron chi connectivity index (χ3n) is 4.77. The van der Waals surface area contributed by atoms with Crippen molar-refractivity contribution in [2.75, 3.05) is 13.6 Å². The van der Waals surface area contributed by atoms with Gasteiger partial charge in [-0.25, -0.2) is 0 Å². The Bertz CT molecular complexity index is 499. The van der Waals surface area contributed by atoms with Crippen LogP contribution < -0.4 is 10.6 Å². The molecule has 1 heterocycles. The summed E-state index contributed by atoms with van der Waals surface area (Å²) in [6.07, 6.45) is 11.4. The van der Waals surface area contributed by atoms with Crippen molar-refractivity contribution in [2.45, 2.75) is 77.7 Å². The predicted molar refractivity (Wildman–Crippen MR) is 113 cm³/mol. The fraction of sp³-hybridized carbons (Fsp3) is 0.833. The first-order valence-corrected chi connectivity index (χ1v) is 9.43. The third kappa shape index (κ3) is 8.87. The van der Waals surface area contributed by atoms with E-state index in [1.165, 1.54) is 44.9 Å². The summed E-state index contributed by atoms with van der Waals surface area (Å²) in [4.78, 5) is 8.53. The summed E-state index contributed by atoms with van der Waals surface area (Å²) in [5.74, 6) is 3.23. The van der Waals surface area contributed by atoms with Crippen LogP contribution in [0.4, 0.5) is 0 Å². The minimum absolute atomic E-state index is 0. The van der Waals surface area contributed by atoms with Crippen LogP contribution in [0.15, 0.2) is 9.52 Å². The summed E-state index contributed by atoms with van der Waals surface area (Å²) < 4.78 is 5.12. The number of aryl methyl sites for hydroxylation is 2. The first kappa shape index (κ1) is 22.2. The fourth-order valence-corrected chi connectivity index (χ4v) is 3.35. The molecule has 0 aliphatic heterocycles. The molecule has 0 bridgehead atoms. The first-order chi connectivity index (χ1) is 11.7. The molecule has 0 amide bonds. The minimum atomic E-state index is 0. The second-order valence-corrected chi connectivity index (χ2v) is 6.96. The maximum atomic E-state index is 5.12. The topological polar surface area (TPSA) is 75.3 Å². The van der Waals surface area contributed by atoms with Gasteiger partial charge in [0.2, 0.25) is 5.89 Å². The summed E-state index contributed by atoms with van der Waals surface area (Å²) in [6, 6.07) is 0.455. The smallest absolute Gasteiger partial charge is 0.226 e. The van der Waals surface area contributed by atoms with Gasteiger partial charge in [0.15, 0.2) is 11.8 Å². The molecular formula is C18H34IN5O. The number of hydrogen-bond donors (Lipinski definition) is 2. The average molecular weight is 463 g/mol. The van der Waals surface area contributed by atoms with E-state index in [9.17, 15) is 0 Å². The molecule has 1 fully saturated rings. The van der Waals surface area contributed by atoms with Gasteiger partial charge in [-0.05, 0) is 39.0 Å². The lowest BCUT2D eigenvalue weighted by Crippen LogP contribution is -2.42. The van der Waals surface area contributed by atoms with E-state index >= 15 is 0 Å². The maximum Gasteiger partial charge on any atom is 0.226 e. The van der Waals surface area contributed by atoms with E-state index in [1.807, 2.05) is 14.0 Å². The van der Waals surface area contributed by atoms with Gasteiger partial charge in [0.25, 0.3) is 0 Å². The molecule has 7 heteroatoms. The highest BCUT2D eigenvalue weighted by Gasteiger charge is 2.15. The van der Waals surface area contributed by atoms with Crippen LogP contribution in [0.5, 0.6) is 0 Å². The van der Waals surface area contributed by atoms with Crippen LogP contribution in [0, 0.1) is 12.8 Å². The van der Waals surface area contributed by atoms with Crippen molar-refractivity contribution in [3.05, 3.63) is 11.7 Å². The molecule has 0 radical (unpaired) electrons. The average Bonchev–Trinajstić information content (AvgIpc) is 3.02. The summed E-state index contributed by atoms with van der Waals surface area (Å²) in [5.41, 5.74) is 0. The highest BCUT2D eigenvalue weighted by Crippen LogP contribution is 2.27. The first-order valence-electron chi connectivity index (χ1n) is 9.43. The second-order valence-electron chi connectivity index (χ2n) is 6.96. The Morgan fingerprint density at radius 3 is 2.72 bits per heavy atom. The zero-order valence-electron chi connectivity index (χ0n) is 15.9. The number of nitrogens with one attached hydrogen (secondary N) is 2. The second kappa shape index (κ2) is 12.5. The molecule has 0 saturated heterocycles. The number of hydrogen-bond acceptors (Lipinski definition) is 4. The van der Waals surface area contributed by atoms with Gasteiger partial charge in [0, 0.05) is 26.1 Å². The number of guanidine groups is 1. The van der Waals surface area contributed by atoms with Crippen molar-refractivity contribution in [1.29, 1.82) is 0 Å². The molecule has 1 aliphatic rings. The van der Waals surface area contributed by atoms with Gasteiger partial charge >= 0.3 is 0 Å².